The maximum atomic E-state index is 13.8. The van der Waals surface area contributed by atoms with Crippen LogP contribution in [0.2, 0.25) is 0 Å². The lowest BCUT2D eigenvalue weighted by Gasteiger charge is -2.34. The monoisotopic (exact) mass is 495 g/mol. The first kappa shape index (κ1) is 24.9. The number of hydrogen-bond donors (Lipinski definition) is 2. The van der Waals surface area contributed by atoms with E-state index >= 15 is 0 Å². The molecule has 37 heavy (non-hydrogen) atoms. The van der Waals surface area contributed by atoms with E-state index in [0.29, 0.717) is 18.5 Å². The summed E-state index contributed by atoms with van der Waals surface area (Å²) >= 11 is 0. The van der Waals surface area contributed by atoms with Crippen molar-refractivity contribution in [3.8, 4) is 5.75 Å². The summed E-state index contributed by atoms with van der Waals surface area (Å²) in [6.07, 6.45) is 1.28. The third-order valence-corrected chi connectivity index (χ3v) is 7.53. The summed E-state index contributed by atoms with van der Waals surface area (Å²) in [7, 11) is 1.67. The summed E-state index contributed by atoms with van der Waals surface area (Å²) in [5.74, 6) is 1.15. The Hall–Kier alpha value is -3.73. The van der Waals surface area contributed by atoms with Crippen LogP contribution in [0, 0.1) is 0 Å². The SMILES string of the molecule is COc1ccc(C2CC(=O)C3=C(C2)Nc2ccccc2NC3c2ccc(N(C(C)C)C(C)C)cc2)cc1. The standard InChI is InChI=1S/C32H37N3O2/c1-20(2)35(21(3)4)25-14-10-23(11-15-25)32-31-29(33-27-8-6-7-9-28(27)34-32)18-24(19-30(31)36)22-12-16-26(37-5)17-13-22/h6-17,20-21,24,32-34H,18-19H2,1-5H3. The summed E-state index contributed by atoms with van der Waals surface area (Å²) < 4.78 is 5.33. The van der Waals surface area contributed by atoms with Crippen LogP contribution < -0.4 is 20.3 Å². The number of nitrogens with one attached hydrogen (secondary N) is 2. The molecule has 192 valence electrons. The lowest BCUT2D eigenvalue weighted by atomic mass is 9.78. The molecule has 1 aliphatic heterocycles. The predicted octanol–water partition coefficient (Wildman–Crippen LogP) is 7.30. The number of carbonyl (C=O) groups excluding carboxylic acids is 1. The Bertz CT molecular complexity index is 1280. The highest BCUT2D eigenvalue weighted by atomic mass is 16.5. The first-order chi connectivity index (χ1) is 17.9. The fourth-order valence-electron chi connectivity index (χ4n) is 5.89. The summed E-state index contributed by atoms with van der Waals surface area (Å²) in [5, 5.41) is 7.33. The van der Waals surface area contributed by atoms with Crippen molar-refractivity contribution in [3.05, 3.63) is 95.2 Å². The Morgan fingerprint density at radius 2 is 1.43 bits per heavy atom. The van der Waals surface area contributed by atoms with Crippen LogP contribution in [0.25, 0.3) is 0 Å². The Morgan fingerprint density at radius 3 is 2.05 bits per heavy atom. The van der Waals surface area contributed by atoms with Gasteiger partial charge >= 0.3 is 0 Å². The van der Waals surface area contributed by atoms with Crippen LogP contribution in [-0.2, 0) is 4.79 Å². The second-order valence-corrected chi connectivity index (χ2v) is 10.6. The molecule has 0 saturated heterocycles. The van der Waals surface area contributed by atoms with Crippen LogP contribution in [0.3, 0.4) is 0 Å². The molecule has 0 spiro atoms. The average Bonchev–Trinajstić information content (AvgIpc) is 3.06. The molecule has 2 atom stereocenters. The highest BCUT2D eigenvalue weighted by Crippen LogP contribution is 2.44. The van der Waals surface area contributed by atoms with Crippen LogP contribution >= 0.6 is 0 Å². The molecule has 5 heteroatoms. The van der Waals surface area contributed by atoms with Crippen LogP contribution in [-0.4, -0.2) is 25.0 Å². The molecule has 0 bridgehead atoms. The van der Waals surface area contributed by atoms with Crippen molar-refractivity contribution < 1.29 is 9.53 Å². The maximum absolute atomic E-state index is 13.8. The molecule has 0 radical (unpaired) electrons. The second kappa shape index (κ2) is 10.3. The second-order valence-electron chi connectivity index (χ2n) is 10.6. The van der Waals surface area contributed by atoms with Gasteiger partial charge in [-0.2, -0.15) is 0 Å². The molecule has 0 amide bonds. The lowest BCUT2D eigenvalue weighted by molar-refractivity contribution is -0.116. The van der Waals surface area contributed by atoms with Gasteiger partial charge in [-0.25, -0.2) is 0 Å². The molecule has 0 saturated carbocycles. The van der Waals surface area contributed by atoms with E-state index in [1.54, 1.807) is 7.11 Å². The zero-order valence-corrected chi connectivity index (χ0v) is 22.4. The molecular weight excluding hydrogens is 458 g/mol. The molecule has 2 unspecified atom stereocenters. The number of ketones is 1. The molecule has 2 N–H and O–H groups in total. The number of rotatable bonds is 6. The molecule has 3 aromatic rings. The van der Waals surface area contributed by atoms with E-state index in [0.717, 1.165) is 45.9 Å². The van der Waals surface area contributed by atoms with Gasteiger partial charge in [0, 0.05) is 35.5 Å². The number of para-hydroxylation sites is 2. The zero-order valence-electron chi connectivity index (χ0n) is 22.4. The Morgan fingerprint density at radius 1 is 0.811 bits per heavy atom. The van der Waals surface area contributed by atoms with E-state index in [-0.39, 0.29) is 17.7 Å². The Kier molecular flexibility index (Phi) is 6.96. The predicted molar refractivity (Wildman–Crippen MR) is 153 cm³/mol. The minimum Gasteiger partial charge on any atom is -0.497 e. The third kappa shape index (κ3) is 4.95. The van der Waals surface area contributed by atoms with E-state index in [1.165, 1.54) is 5.69 Å². The number of benzene rings is 3. The number of methoxy groups -OCH3 is 1. The highest BCUT2D eigenvalue weighted by molar-refractivity contribution is 6.01. The normalized spacial score (nSPS) is 19.1. The van der Waals surface area contributed by atoms with Crippen LogP contribution in [0.4, 0.5) is 17.1 Å². The molecule has 5 rings (SSSR count). The van der Waals surface area contributed by atoms with Crippen molar-refractivity contribution in [2.45, 2.75) is 64.6 Å². The van der Waals surface area contributed by atoms with E-state index in [1.807, 2.05) is 24.3 Å². The van der Waals surface area contributed by atoms with Crippen LogP contribution in [0.1, 0.15) is 63.6 Å². The van der Waals surface area contributed by atoms with Gasteiger partial charge in [0.1, 0.15) is 5.75 Å². The molecule has 2 aliphatic rings. The van der Waals surface area contributed by atoms with Crippen molar-refractivity contribution in [2.75, 3.05) is 22.6 Å². The minimum absolute atomic E-state index is 0.128. The van der Waals surface area contributed by atoms with Crippen LogP contribution in [0.15, 0.2) is 84.1 Å². The van der Waals surface area contributed by atoms with E-state index < -0.39 is 0 Å². The minimum atomic E-state index is -0.212. The fraction of sp³-hybridized carbons (Fsp3) is 0.344. The first-order valence-corrected chi connectivity index (χ1v) is 13.3. The van der Waals surface area contributed by atoms with Gasteiger partial charge in [-0.05, 0) is 87.6 Å². The van der Waals surface area contributed by atoms with Gasteiger partial charge in [0.2, 0.25) is 0 Å². The quantitative estimate of drug-likeness (QED) is 0.376. The van der Waals surface area contributed by atoms with Gasteiger partial charge in [0.15, 0.2) is 5.78 Å². The molecule has 0 aromatic heterocycles. The smallest absolute Gasteiger partial charge is 0.163 e. The molecule has 3 aromatic carbocycles. The number of allylic oxidation sites excluding steroid dienone is 1. The summed E-state index contributed by atoms with van der Waals surface area (Å²) in [4.78, 5) is 16.2. The van der Waals surface area contributed by atoms with E-state index in [9.17, 15) is 4.79 Å². The molecule has 5 nitrogen and oxygen atoms in total. The first-order valence-electron chi connectivity index (χ1n) is 13.3. The number of Topliss-reactive ketones (excluding diaryl/α,β-unsaturated/α-hetero) is 1. The number of nitrogens with zero attached hydrogens (tertiary/aromatic N) is 1. The Balaban J connectivity index is 1.53. The van der Waals surface area contributed by atoms with Crippen molar-refractivity contribution in [3.63, 3.8) is 0 Å². The van der Waals surface area contributed by atoms with Gasteiger partial charge in [0.25, 0.3) is 0 Å². The van der Waals surface area contributed by atoms with Crippen molar-refractivity contribution in [1.29, 1.82) is 0 Å². The molecule has 1 aliphatic carbocycles. The van der Waals surface area contributed by atoms with Gasteiger partial charge in [0.05, 0.1) is 24.5 Å². The number of carbonyl (C=O) groups is 1. The van der Waals surface area contributed by atoms with Crippen LogP contribution in [0.5, 0.6) is 5.75 Å². The summed E-state index contributed by atoms with van der Waals surface area (Å²) in [5.41, 5.74) is 7.32. The number of ether oxygens (including phenoxy) is 1. The highest BCUT2D eigenvalue weighted by Gasteiger charge is 2.36. The van der Waals surface area contributed by atoms with Gasteiger partial charge in [-0.15, -0.1) is 0 Å². The van der Waals surface area contributed by atoms with Crippen molar-refractivity contribution >= 4 is 22.8 Å². The maximum Gasteiger partial charge on any atom is 0.163 e. The molecular formula is C32H37N3O2. The third-order valence-electron chi connectivity index (χ3n) is 7.53. The number of anilines is 3. The van der Waals surface area contributed by atoms with Gasteiger partial charge < -0.3 is 20.3 Å². The average molecular weight is 496 g/mol. The Labute approximate surface area is 220 Å². The molecule has 1 heterocycles. The number of fused-ring (bicyclic) bond motifs is 1. The zero-order chi connectivity index (χ0) is 26.1. The van der Waals surface area contributed by atoms with Gasteiger partial charge in [-0.1, -0.05) is 36.4 Å². The van der Waals surface area contributed by atoms with E-state index in [4.69, 9.17) is 4.74 Å². The number of hydrogen-bond acceptors (Lipinski definition) is 5. The van der Waals surface area contributed by atoms with Crippen molar-refractivity contribution in [1.82, 2.24) is 0 Å². The largest absolute Gasteiger partial charge is 0.497 e. The summed E-state index contributed by atoms with van der Waals surface area (Å²) in [6, 6.07) is 25.6. The lowest BCUT2D eigenvalue weighted by Crippen LogP contribution is -2.36. The van der Waals surface area contributed by atoms with E-state index in [2.05, 4.69) is 91.8 Å². The fourth-order valence-corrected chi connectivity index (χ4v) is 5.89. The van der Waals surface area contributed by atoms with Gasteiger partial charge in [-0.3, -0.25) is 4.79 Å². The molecule has 0 fully saturated rings. The topological polar surface area (TPSA) is 53.6 Å². The van der Waals surface area contributed by atoms with Crippen molar-refractivity contribution in [2.24, 2.45) is 0 Å². The summed E-state index contributed by atoms with van der Waals surface area (Å²) in [6.45, 7) is 8.89.